The van der Waals surface area contributed by atoms with Crippen molar-refractivity contribution in [2.75, 3.05) is 19.8 Å². The van der Waals surface area contributed by atoms with Gasteiger partial charge < -0.3 is 14.2 Å². The molecule has 0 radical (unpaired) electrons. The monoisotopic (exact) mass is 511 g/mol. The smallest absolute Gasteiger partial charge is 0.283 e. The Balaban J connectivity index is 1.33. The van der Waals surface area contributed by atoms with Gasteiger partial charge in [-0.15, -0.1) is 0 Å². The van der Waals surface area contributed by atoms with Gasteiger partial charge in [-0.2, -0.15) is 4.99 Å². The van der Waals surface area contributed by atoms with Crippen molar-refractivity contribution in [1.82, 2.24) is 4.90 Å². The zero-order valence-electron chi connectivity index (χ0n) is 20.2. The molecular weight excluding hydrogens is 486 g/mol. The first-order valence-corrected chi connectivity index (χ1v) is 12.8. The molecule has 0 spiro atoms. The minimum absolute atomic E-state index is 0.0893. The lowest BCUT2D eigenvalue weighted by Gasteiger charge is -2.27. The summed E-state index contributed by atoms with van der Waals surface area (Å²) in [7, 11) is 0. The summed E-state index contributed by atoms with van der Waals surface area (Å²) in [5, 5.41) is 11.2. The number of benzene rings is 3. The molecule has 0 bridgehead atoms. The molecule has 5 rings (SSSR count). The Morgan fingerprint density at radius 3 is 2.41 bits per heavy atom. The lowest BCUT2D eigenvalue weighted by molar-refractivity contribution is -0.114. The van der Waals surface area contributed by atoms with E-state index in [0.717, 1.165) is 17.0 Å². The molecule has 37 heavy (non-hydrogen) atoms. The van der Waals surface area contributed by atoms with E-state index >= 15 is 0 Å². The summed E-state index contributed by atoms with van der Waals surface area (Å²) in [5.41, 5.74) is 2.69. The van der Waals surface area contributed by atoms with Gasteiger partial charge in [0, 0.05) is 5.41 Å². The molecule has 7 nitrogen and oxygen atoms in total. The second-order valence-corrected chi connectivity index (χ2v) is 8.91. The summed E-state index contributed by atoms with van der Waals surface area (Å²) in [6.45, 7) is 3.08. The number of fused-ring (bicyclic) bond motifs is 1. The van der Waals surface area contributed by atoms with Crippen LogP contribution < -0.4 is 14.2 Å². The summed E-state index contributed by atoms with van der Waals surface area (Å²) in [4.78, 5) is 18.8. The number of aliphatic imine (C=N–C) groups is 1. The van der Waals surface area contributed by atoms with E-state index in [1.54, 1.807) is 23.1 Å². The van der Waals surface area contributed by atoms with Crippen LogP contribution in [-0.4, -0.2) is 41.6 Å². The van der Waals surface area contributed by atoms with E-state index < -0.39 is 5.91 Å². The molecule has 2 heterocycles. The van der Waals surface area contributed by atoms with Gasteiger partial charge in [-0.25, -0.2) is 0 Å². The quantitative estimate of drug-likeness (QED) is 0.287. The summed E-state index contributed by atoms with van der Waals surface area (Å²) >= 11 is 1.34. The largest absolute Gasteiger partial charge is 0.490 e. The SMILES string of the molecule is CCOc1cc(/C=C2/C(=N)N3C(c4ccccc4)=CSC3=NC2=O)ccc1OCCOc1ccccc1. The Bertz CT molecular complexity index is 1400. The number of amides is 1. The van der Waals surface area contributed by atoms with E-state index in [1.165, 1.54) is 11.8 Å². The molecule has 1 N–H and O–H groups in total. The molecule has 8 heteroatoms. The molecular formula is C29H25N3O4S. The lowest BCUT2D eigenvalue weighted by atomic mass is 10.1. The van der Waals surface area contributed by atoms with Crippen LogP contribution in [0.3, 0.4) is 0 Å². The first-order valence-electron chi connectivity index (χ1n) is 11.9. The number of rotatable bonds is 9. The van der Waals surface area contributed by atoms with Crippen LogP contribution >= 0.6 is 11.8 Å². The normalized spacial score (nSPS) is 15.8. The first-order chi connectivity index (χ1) is 18.1. The van der Waals surface area contributed by atoms with Gasteiger partial charge >= 0.3 is 0 Å². The predicted octanol–water partition coefficient (Wildman–Crippen LogP) is 5.85. The van der Waals surface area contributed by atoms with Crippen molar-refractivity contribution >= 4 is 40.4 Å². The Kier molecular flexibility index (Phi) is 7.37. The number of nitrogens with one attached hydrogen (secondary N) is 1. The minimum atomic E-state index is -0.442. The third kappa shape index (κ3) is 5.44. The van der Waals surface area contributed by atoms with Crippen molar-refractivity contribution in [3.05, 3.63) is 101 Å². The summed E-state index contributed by atoms with van der Waals surface area (Å²) < 4.78 is 17.4. The van der Waals surface area contributed by atoms with E-state index in [-0.39, 0.29) is 11.4 Å². The van der Waals surface area contributed by atoms with E-state index in [4.69, 9.17) is 19.6 Å². The summed E-state index contributed by atoms with van der Waals surface area (Å²) in [5.74, 6) is 1.56. The number of thioether (sulfide) groups is 1. The van der Waals surface area contributed by atoms with Crippen molar-refractivity contribution in [3.63, 3.8) is 0 Å². The van der Waals surface area contributed by atoms with Crippen LogP contribution in [0.1, 0.15) is 18.1 Å². The highest BCUT2D eigenvalue weighted by atomic mass is 32.2. The number of amidine groups is 2. The topological polar surface area (TPSA) is 84.2 Å². The van der Waals surface area contributed by atoms with Crippen molar-refractivity contribution in [3.8, 4) is 17.2 Å². The van der Waals surface area contributed by atoms with Crippen LogP contribution in [-0.2, 0) is 4.79 Å². The molecule has 0 fully saturated rings. The van der Waals surface area contributed by atoms with Gasteiger partial charge in [0.25, 0.3) is 5.91 Å². The highest BCUT2D eigenvalue weighted by Crippen LogP contribution is 2.37. The van der Waals surface area contributed by atoms with E-state index in [9.17, 15) is 4.79 Å². The fourth-order valence-corrected chi connectivity index (χ4v) is 4.80. The van der Waals surface area contributed by atoms with Crippen LogP contribution in [0.5, 0.6) is 17.2 Å². The summed E-state index contributed by atoms with van der Waals surface area (Å²) in [6, 6.07) is 24.8. The summed E-state index contributed by atoms with van der Waals surface area (Å²) in [6.07, 6.45) is 1.67. The van der Waals surface area contributed by atoms with Crippen molar-refractivity contribution in [2.45, 2.75) is 6.92 Å². The van der Waals surface area contributed by atoms with Gasteiger partial charge in [-0.3, -0.25) is 15.1 Å². The maximum Gasteiger partial charge on any atom is 0.283 e. The minimum Gasteiger partial charge on any atom is -0.490 e. The number of hydrogen-bond acceptors (Lipinski definition) is 6. The van der Waals surface area contributed by atoms with Crippen molar-refractivity contribution in [1.29, 1.82) is 5.41 Å². The maximum atomic E-state index is 12.8. The molecule has 0 saturated carbocycles. The molecule has 0 saturated heterocycles. The van der Waals surface area contributed by atoms with E-state index in [2.05, 4.69) is 4.99 Å². The van der Waals surface area contributed by atoms with Gasteiger partial charge in [-0.05, 0) is 48.4 Å². The third-order valence-electron chi connectivity index (χ3n) is 5.62. The van der Waals surface area contributed by atoms with Gasteiger partial charge in [0.05, 0.1) is 17.9 Å². The van der Waals surface area contributed by atoms with E-state index in [1.807, 2.05) is 79.1 Å². The Labute approximate surface area is 219 Å². The Hall–Kier alpha value is -4.30. The zero-order valence-corrected chi connectivity index (χ0v) is 21.0. The zero-order chi connectivity index (χ0) is 25.6. The molecule has 0 atom stereocenters. The molecule has 186 valence electrons. The lowest BCUT2D eigenvalue weighted by Crippen LogP contribution is -2.38. The molecule has 0 aliphatic carbocycles. The van der Waals surface area contributed by atoms with Crippen LogP contribution in [0.2, 0.25) is 0 Å². The van der Waals surface area contributed by atoms with Crippen LogP contribution in [0, 0.1) is 5.41 Å². The van der Waals surface area contributed by atoms with Gasteiger partial charge in [-0.1, -0.05) is 66.4 Å². The maximum absolute atomic E-state index is 12.8. The number of para-hydroxylation sites is 1. The molecule has 2 aliphatic heterocycles. The number of ether oxygens (including phenoxy) is 3. The number of carbonyl (C=O) groups excluding carboxylic acids is 1. The number of hydrogen-bond donors (Lipinski definition) is 1. The standard InChI is InChI=1S/C29H25N3O4S/c1-2-34-26-18-20(13-14-25(26)36-16-15-35-22-11-7-4-8-12-22)17-23-27(30)32-24(21-9-5-3-6-10-21)19-37-29(32)31-28(23)33/h3-14,17-19,30H,2,15-16H2,1H3/b23-17-,30-27?. The Morgan fingerprint density at radius 1 is 0.919 bits per heavy atom. The molecule has 0 unspecified atom stereocenters. The van der Waals surface area contributed by atoms with Gasteiger partial charge in [0.1, 0.15) is 24.8 Å². The van der Waals surface area contributed by atoms with Crippen molar-refractivity contribution < 1.29 is 19.0 Å². The molecule has 1 amide bonds. The molecule has 0 aromatic heterocycles. The average molecular weight is 512 g/mol. The van der Waals surface area contributed by atoms with Crippen molar-refractivity contribution in [2.24, 2.45) is 4.99 Å². The van der Waals surface area contributed by atoms with Gasteiger partial charge in [0.2, 0.25) is 0 Å². The predicted molar refractivity (Wildman–Crippen MR) is 147 cm³/mol. The highest BCUT2D eigenvalue weighted by molar-refractivity contribution is 8.17. The number of carbonyl (C=O) groups is 1. The second kappa shape index (κ2) is 11.2. The second-order valence-electron chi connectivity index (χ2n) is 8.08. The fraction of sp³-hybridized carbons (Fsp3) is 0.138. The highest BCUT2D eigenvalue weighted by Gasteiger charge is 2.36. The Morgan fingerprint density at radius 2 is 1.65 bits per heavy atom. The molecule has 3 aromatic carbocycles. The van der Waals surface area contributed by atoms with E-state index in [0.29, 0.717) is 42.1 Å². The van der Waals surface area contributed by atoms with Crippen LogP contribution in [0.25, 0.3) is 11.8 Å². The van der Waals surface area contributed by atoms with Crippen LogP contribution in [0.4, 0.5) is 0 Å². The van der Waals surface area contributed by atoms with Crippen LogP contribution in [0.15, 0.2) is 94.8 Å². The third-order valence-corrected chi connectivity index (χ3v) is 6.44. The fourth-order valence-electron chi connectivity index (χ4n) is 3.91. The molecule has 2 aliphatic rings. The van der Waals surface area contributed by atoms with Gasteiger partial charge in [0.15, 0.2) is 16.7 Å². The number of nitrogens with zero attached hydrogens (tertiary/aromatic N) is 2. The average Bonchev–Trinajstić information content (AvgIpc) is 3.35. The first kappa shape index (κ1) is 24.4. The molecule has 3 aromatic rings.